The van der Waals surface area contributed by atoms with Crippen LogP contribution in [0.4, 0.5) is 9.18 Å². The van der Waals surface area contributed by atoms with Crippen LogP contribution >= 0.6 is 0 Å². The average molecular weight is 392 g/mol. The van der Waals surface area contributed by atoms with E-state index < -0.39 is 6.09 Å². The van der Waals surface area contributed by atoms with E-state index in [0.29, 0.717) is 6.54 Å². The molecule has 0 spiro atoms. The standard InChI is InChI=1S/C24H25FN2O2/c1-3-12-26-24(28)29-15-21-16(2)22-13-18-6-4-5-7-19(18)14-27(22)23(21)17-8-10-20(25)11-9-17/h4-11H,3,12-15H2,1-2H3,(H,26,28). The number of fused-ring (bicyclic) bond motifs is 2. The SMILES string of the molecule is CCCNC(=O)OCc1c(C)c2n(c1-c1ccc(F)cc1)Cc1ccccc1C2. The minimum Gasteiger partial charge on any atom is -0.445 e. The summed E-state index contributed by atoms with van der Waals surface area (Å²) in [6.45, 7) is 5.60. The first kappa shape index (κ1) is 19.2. The van der Waals surface area contributed by atoms with Gasteiger partial charge in [-0.25, -0.2) is 9.18 Å². The molecule has 0 fully saturated rings. The number of benzene rings is 2. The fourth-order valence-electron chi connectivity index (χ4n) is 4.02. The number of carbonyl (C=O) groups is 1. The number of ether oxygens (including phenoxy) is 1. The number of hydrogen-bond donors (Lipinski definition) is 1. The van der Waals surface area contributed by atoms with Gasteiger partial charge in [0.15, 0.2) is 0 Å². The highest BCUT2D eigenvalue weighted by molar-refractivity contribution is 5.70. The highest BCUT2D eigenvalue weighted by Crippen LogP contribution is 2.37. The lowest BCUT2D eigenvalue weighted by Crippen LogP contribution is -2.24. The average Bonchev–Trinajstić information content (AvgIpc) is 3.00. The number of alkyl carbamates (subject to hydrolysis) is 1. The summed E-state index contributed by atoms with van der Waals surface area (Å²) in [6.07, 6.45) is 1.27. The molecular weight excluding hydrogens is 367 g/mol. The molecular formula is C24H25FN2O2. The first-order valence-corrected chi connectivity index (χ1v) is 10.0. The molecule has 0 bridgehead atoms. The maximum atomic E-state index is 13.5. The van der Waals surface area contributed by atoms with Gasteiger partial charge in [0.2, 0.25) is 0 Å². The molecule has 3 aromatic rings. The normalized spacial score (nSPS) is 12.2. The largest absolute Gasteiger partial charge is 0.445 e. The molecule has 0 saturated heterocycles. The molecule has 2 aromatic carbocycles. The minimum absolute atomic E-state index is 0.185. The van der Waals surface area contributed by atoms with Crippen LogP contribution in [-0.2, 0) is 24.3 Å². The van der Waals surface area contributed by atoms with Gasteiger partial charge in [-0.1, -0.05) is 31.2 Å². The number of hydrogen-bond acceptors (Lipinski definition) is 2. The molecule has 0 saturated carbocycles. The van der Waals surface area contributed by atoms with Crippen LogP contribution in [0.25, 0.3) is 11.3 Å². The van der Waals surface area contributed by atoms with Crippen LogP contribution in [-0.4, -0.2) is 17.2 Å². The predicted molar refractivity (Wildman–Crippen MR) is 111 cm³/mol. The Balaban J connectivity index is 1.75. The molecule has 0 atom stereocenters. The summed E-state index contributed by atoms with van der Waals surface area (Å²) in [4.78, 5) is 12.0. The van der Waals surface area contributed by atoms with Gasteiger partial charge in [0.05, 0.1) is 5.69 Å². The second kappa shape index (κ2) is 8.11. The van der Waals surface area contributed by atoms with Crippen molar-refractivity contribution in [2.75, 3.05) is 6.54 Å². The van der Waals surface area contributed by atoms with Gasteiger partial charge < -0.3 is 14.6 Å². The number of carbonyl (C=O) groups excluding carboxylic acids is 1. The van der Waals surface area contributed by atoms with Crippen molar-refractivity contribution in [1.82, 2.24) is 9.88 Å². The Labute approximate surface area is 170 Å². The molecule has 150 valence electrons. The number of halogens is 1. The van der Waals surface area contributed by atoms with E-state index in [1.54, 1.807) is 12.1 Å². The van der Waals surface area contributed by atoms with Crippen molar-refractivity contribution >= 4 is 6.09 Å². The lowest BCUT2D eigenvalue weighted by molar-refractivity contribution is 0.139. The molecule has 5 heteroatoms. The van der Waals surface area contributed by atoms with E-state index in [9.17, 15) is 9.18 Å². The molecule has 4 nitrogen and oxygen atoms in total. The second-order valence-corrected chi connectivity index (χ2v) is 7.44. The van der Waals surface area contributed by atoms with Gasteiger partial charge in [-0.05, 0) is 59.9 Å². The second-order valence-electron chi connectivity index (χ2n) is 7.44. The lowest BCUT2D eigenvalue weighted by atomic mass is 9.97. The van der Waals surface area contributed by atoms with E-state index in [2.05, 4.69) is 41.1 Å². The van der Waals surface area contributed by atoms with Crippen LogP contribution in [0.2, 0.25) is 0 Å². The zero-order valence-electron chi connectivity index (χ0n) is 16.8. The van der Waals surface area contributed by atoms with Gasteiger partial charge in [0.1, 0.15) is 12.4 Å². The monoisotopic (exact) mass is 392 g/mol. The Morgan fingerprint density at radius 1 is 1.14 bits per heavy atom. The van der Waals surface area contributed by atoms with Crippen molar-refractivity contribution < 1.29 is 13.9 Å². The summed E-state index contributed by atoms with van der Waals surface area (Å²) >= 11 is 0. The first-order valence-electron chi connectivity index (χ1n) is 10.0. The summed E-state index contributed by atoms with van der Waals surface area (Å²) in [7, 11) is 0. The van der Waals surface area contributed by atoms with E-state index in [1.165, 1.54) is 29.0 Å². The van der Waals surface area contributed by atoms with Gasteiger partial charge in [0, 0.05) is 30.8 Å². The Bertz CT molecular complexity index is 1040. The van der Waals surface area contributed by atoms with Crippen molar-refractivity contribution in [3.05, 3.63) is 82.3 Å². The Morgan fingerprint density at radius 2 is 1.86 bits per heavy atom. The van der Waals surface area contributed by atoms with E-state index in [4.69, 9.17) is 4.74 Å². The van der Waals surface area contributed by atoms with Crippen molar-refractivity contribution in [3.63, 3.8) is 0 Å². The molecule has 1 aromatic heterocycles. The Hall–Kier alpha value is -3.08. The number of amides is 1. The Kier molecular flexibility index (Phi) is 5.38. The molecule has 2 heterocycles. The summed E-state index contributed by atoms with van der Waals surface area (Å²) in [5, 5.41) is 2.75. The topological polar surface area (TPSA) is 43.3 Å². The van der Waals surface area contributed by atoms with E-state index >= 15 is 0 Å². The summed E-state index contributed by atoms with van der Waals surface area (Å²) < 4.78 is 21.3. The van der Waals surface area contributed by atoms with Gasteiger partial charge >= 0.3 is 6.09 Å². The van der Waals surface area contributed by atoms with Crippen molar-refractivity contribution in [3.8, 4) is 11.3 Å². The maximum absolute atomic E-state index is 13.5. The molecule has 29 heavy (non-hydrogen) atoms. The van der Waals surface area contributed by atoms with E-state index in [-0.39, 0.29) is 12.4 Å². The number of rotatable bonds is 5. The van der Waals surface area contributed by atoms with Crippen molar-refractivity contribution in [2.45, 2.75) is 39.8 Å². The van der Waals surface area contributed by atoms with Gasteiger partial charge in [-0.3, -0.25) is 0 Å². The van der Waals surface area contributed by atoms with Crippen LogP contribution in [0.1, 0.15) is 41.3 Å². The molecule has 1 amide bonds. The van der Waals surface area contributed by atoms with Crippen molar-refractivity contribution in [2.24, 2.45) is 0 Å². The van der Waals surface area contributed by atoms with Crippen LogP contribution in [0, 0.1) is 12.7 Å². The van der Waals surface area contributed by atoms with Crippen molar-refractivity contribution in [1.29, 1.82) is 0 Å². The van der Waals surface area contributed by atoms with Crippen LogP contribution in [0.3, 0.4) is 0 Å². The highest BCUT2D eigenvalue weighted by atomic mass is 19.1. The fourth-order valence-corrected chi connectivity index (χ4v) is 4.02. The van der Waals surface area contributed by atoms with Gasteiger partial charge in [-0.2, -0.15) is 0 Å². The molecule has 1 aliphatic rings. The molecule has 1 N–H and O–H groups in total. The quantitative estimate of drug-likeness (QED) is 0.508. The molecule has 1 aliphatic heterocycles. The number of nitrogens with zero attached hydrogens (tertiary/aromatic N) is 1. The van der Waals surface area contributed by atoms with Gasteiger partial charge in [0.25, 0.3) is 0 Å². The van der Waals surface area contributed by atoms with E-state index in [0.717, 1.165) is 41.8 Å². The third-order valence-corrected chi connectivity index (χ3v) is 5.56. The molecule has 0 radical (unpaired) electrons. The molecule has 0 unspecified atom stereocenters. The number of aromatic nitrogens is 1. The van der Waals surface area contributed by atoms with E-state index in [1.807, 2.05) is 6.92 Å². The van der Waals surface area contributed by atoms with Gasteiger partial charge in [-0.15, -0.1) is 0 Å². The number of nitrogens with one attached hydrogen (secondary N) is 1. The van der Waals surface area contributed by atoms with Crippen LogP contribution in [0.5, 0.6) is 0 Å². The fraction of sp³-hybridized carbons (Fsp3) is 0.292. The highest BCUT2D eigenvalue weighted by Gasteiger charge is 2.26. The van der Waals surface area contributed by atoms with Crippen LogP contribution in [0.15, 0.2) is 48.5 Å². The zero-order chi connectivity index (χ0) is 20.4. The smallest absolute Gasteiger partial charge is 0.407 e. The predicted octanol–water partition coefficient (Wildman–Crippen LogP) is 5.19. The summed E-state index contributed by atoms with van der Waals surface area (Å²) in [5.41, 5.74) is 7.85. The summed E-state index contributed by atoms with van der Waals surface area (Å²) in [6, 6.07) is 15.0. The Morgan fingerprint density at radius 3 is 2.59 bits per heavy atom. The third kappa shape index (κ3) is 3.77. The maximum Gasteiger partial charge on any atom is 0.407 e. The summed E-state index contributed by atoms with van der Waals surface area (Å²) in [5.74, 6) is -0.266. The zero-order valence-corrected chi connectivity index (χ0v) is 16.8. The first-order chi connectivity index (χ1) is 14.1. The third-order valence-electron chi connectivity index (χ3n) is 5.56. The molecule has 4 rings (SSSR count). The molecule has 0 aliphatic carbocycles. The lowest BCUT2D eigenvalue weighted by Gasteiger charge is -2.22. The minimum atomic E-state index is -0.413. The van der Waals surface area contributed by atoms with Crippen LogP contribution < -0.4 is 5.32 Å².